The Labute approximate surface area is 106 Å². The summed E-state index contributed by atoms with van der Waals surface area (Å²) < 4.78 is 5.43. The van der Waals surface area contributed by atoms with Gasteiger partial charge in [0.1, 0.15) is 0 Å². The molecule has 3 N–H and O–H groups in total. The van der Waals surface area contributed by atoms with Crippen molar-refractivity contribution in [2.24, 2.45) is 0 Å². The first-order valence-corrected chi connectivity index (χ1v) is 5.73. The van der Waals surface area contributed by atoms with Crippen LogP contribution in [0.4, 0.5) is 11.5 Å². The van der Waals surface area contributed by atoms with Crippen LogP contribution in [0.1, 0.15) is 24.2 Å². The van der Waals surface area contributed by atoms with Gasteiger partial charge in [-0.15, -0.1) is 0 Å². The lowest BCUT2D eigenvalue weighted by Gasteiger charge is -2.20. The Kier molecular flexibility index (Phi) is 4.91. The SMILES string of the molecule is CC(C)OCCN(C)c1ncc(C(=O)O)cc1N. The van der Waals surface area contributed by atoms with Gasteiger partial charge >= 0.3 is 5.97 Å². The lowest BCUT2D eigenvalue weighted by Crippen LogP contribution is -2.25. The second-order valence-corrected chi connectivity index (χ2v) is 4.28. The van der Waals surface area contributed by atoms with E-state index >= 15 is 0 Å². The highest BCUT2D eigenvalue weighted by atomic mass is 16.5. The van der Waals surface area contributed by atoms with Crippen molar-refractivity contribution in [3.05, 3.63) is 17.8 Å². The molecule has 0 aliphatic carbocycles. The smallest absolute Gasteiger partial charge is 0.337 e. The molecule has 0 saturated heterocycles. The van der Waals surface area contributed by atoms with E-state index < -0.39 is 5.97 Å². The van der Waals surface area contributed by atoms with Gasteiger partial charge in [0.2, 0.25) is 0 Å². The first-order valence-electron chi connectivity index (χ1n) is 5.73. The van der Waals surface area contributed by atoms with Crippen LogP contribution in [0.3, 0.4) is 0 Å². The summed E-state index contributed by atoms with van der Waals surface area (Å²) in [5, 5.41) is 8.81. The Bertz CT molecular complexity index is 421. The van der Waals surface area contributed by atoms with E-state index in [1.54, 1.807) is 0 Å². The number of hydrogen-bond acceptors (Lipinski definition) is 5. The number of pyridine rings is 1. The standard InChI is InChI=1S/C12H19N3O3/c1-8(2)18-5-4-15(3)11-10(13)6-9(7-14-11)12(16)17/h6-8H,4-5,13H2,1-3H3,(H,16,17). The minimum atomic E-state index is -1.04. The number of hydrogen-bond donors (Lipinski definition) is 2. The maximum absolute atomic E-state index is 10.8. The fourth-order valence-corrected chi connectivity index (χ4v) is 1.44. The van der Waals surface area contributed by atoms with Gasteiger partial charge < -0.3 is 20.5 Å². The number of anilines is 2. The maximum atomic E-state index is 10.8. The van der Waals surface area contributed by atoms with Crippen LogP contribution >= 0.6 is 0 Å². The highest BCUT2D eigenvalue weighted by Crippen LogP contribution is 2.19. The van der Waals surface area contributed by atoms with Crippen molar-refractivity contribution in [1.82, 2.24) is 4.98 Å². The molecule has 0 aliphatic rings. The number of nitrogen functional groups attached to an aromatic ring is 1. The van der Waals surface area contributed by atoms with Gasteiger partial charge in [-0.05, 0) is 19.9 Å². The number of rotatable bonds is 6. The van der Waals surface area contributed by atoms with E-state index in [4.69, 9.17) is 15.6 Å². The molecule has 18 heavy (non-hydrogen) atoms. The summed E-state index contributed by atoms with van der Waals surface area (Å²) in [6.07, 6.45) is 1.48. The zero-order valence-corrected chi connectivity index (χ0v) is 10.9. The Morgan fingerprint density at radius 2 is 2.28 bits per heavy atom. The van der Waals surface area contributed by atoms with Crippen LogP contribution in [-0.4, -0.2) is 42.4 Å². The summed E-state index contributed by atoms with van der Waals surface area (Å²) in [6.45, 7) is 5.14. The molecule has 1 aromatic rings. The van der Waals surface area contributed by atoms with Crippen LogP contribution < -0.4 is 10.6 Å². The Morgan fingerprint density at radius 3 is 2.78 bits per heavy atom. The molecule has 0 amide bonds. The molecular weight excluding hydrogens is 234 g/mol. The highest BCUT2D eigenvalue weighted by molar-refractivity contribution is 5.89. The predicted molar refractivity (Wildman–Crippen MR) is 70.0 cm³/mol. The fraction of sp³-hybridized carbons (Fsp3) is 0.500. The van der Waals surface area contributed by atoms with E-state index in [2.05, 4.69) is 4.98 Å². The molecule has 0 bridgehead atoms. The first kappa shape index (κ1) is 14.2. The van der Waals surface area contributed by atoms with Gasteiger partial charge in [-0.25, -0.2) is 9.78 Å². The number of aromatic nitrogens is 1. The maximum Gasteiger partial charge on any atom is 0.337 e. The van der Waals surface area contributed by atoms with Crippen LogP contribution in [0.5, 0.6) is 0 Å². The van der Waals surface area contributed by atoms with E-state index in [0.717, 1.165) is 0 Å². The molecule has 6 heteroatoms. The van der Waals surface area contributed by atoms with Gasteiger partial charge in [-0.2, -0.15) is 0 Å². The molecule has 1 heterocycles. The van der Waals surface area contributed by atoms with E-state index in [9.17, 15) is 4.79 Å². The fourth-order valence-electron chi connectivity index (χ4n) is 1.44. The largest absolute Gasteiger partial charge is 0.478 e. The van der Waals surface area contributed by atoms with Crippen molar-refractivity contribution in [3.63, 3.8) is 0 Å². The molecule has 0 aromatic carbocycles. The third-order valence-electron chi connectivity index (χ3n) is 2.38. The molecule has 0 saturated carbocycles. The number of likely N-dealkylation sites (N-methyl/N-ethyl adjacent to an activating group) is 1. The first-order chi connectivity index (χ1) is 8.41. The molecule has 100 valence electrons. The average molecular weight is 253 g/mol. The third kappa shape index (κ3) is 3.89. The van der Waals surface area contributed by atoms with Gasteiger partial charge in [0, 0.05) is 19.8 Å². The average Bonchev–Trinajstić information content (AvgIpc) is 2.27. The summed E-state index contributed by atoms with van der Waals surface area (Å²) in [5.74, 6) is -0.473. The third-order valence-corrected chi connectivity index (χ3v) is 2.38. The van der Waals surface area contributed by atoms with Crippen LogP contribution in [0.2, 0.25) is 0 Å². The van der Waals surface area contributed by atoms with Crippen molar-refractivity contribution < 1.29 is 14.6 Å². The van der Waals surface area contributed by atoms with Gasteiger partial charge in [0.15, 0.2) is 5.82 Å². The van der Waals surface area contributed by atoms with E-state index in [0.29, 0.717) is 24.7 Å². The van der Waals surface area contributed by atoms with E-state index in [-0.39, 0.29) is 11.7 Å². The minimum Gasteiger partial charge on any atom is -0.478 e. The summed E-state index contributed by atoms with van der Waals surface area (Å²) in [5.41, 5.74) is 6.22. The predicted octanol–water partition coefficient (Wildman–Crippen LogP) is 1.22. The molecule has 0 radical (unpaired) electrons. The topological polar surface area (TPSA) is 88.7 Å². The zero-order chi connectivity index (χ0) is 13.7. The summed E-state index contributed by atoms with van der Waals surface area (Å²) in [7, 11) is 1.84. The monoisotopic (exact) mass is 253 g/mol. The van der Waals surface area contributed by atoms with Crippen LogP contribution in [0.15, 0.2) is 12.3 Å². The number of carboxylic acids is 1. The van der Waals surface area contributed by atoms with Crippen molar-refractivity contribution in [2.75, 3.05) is 30.8 Å². The second-order valence-electron chi connectivity index (χ2n) is 4.28. The van der Waals surface area contributed by atoms with Crippen LogP contribution in [0, 0.1) is 0 Å². The lowest BCUT2D eigenvalue weighted by molar-refractivity contribution is 0.0696. The Hall–Kier alpha value is -1.82. The molecule has 1 aromatic heterocycles. The summed E-state index contributed by atoms with van der Waals surface area (Å²) in [4.78, 5) is 16.7. The lowest BCUT2D eigenvalue weighted by atomic mass is 10.2. The molecular formula is C12H19N3O3. The number of carbonyl (C=O) groups is 1. The molecule has 0 atom stereocenters. The van der Waals surface area contributed by atoms with Crippen LogP contribution in [0.25, 0.3) is 0 Å². The normalized spacial score (nSPS) is 10.7. The van der Waals surface area contributed by atoms with Gasteiger partial charge in [-0.3, -0.25) is 0 Å². The van der Waals surface area contributed by atoms with Crippen molar-refractivity contribution >= 4 is 17.5 Å². The highest BCUT2D eigenvalue weighted by Gasteiger charge is 2.11. The van der Waals surface area contributed by atoms with Crippen molar-refractivity contribution in [1.29, 1.82) is 0 Å². The van der Waals surface area contributed by atoms with Gasteiger partial charge in [0.05, 0.1) is 24.0 Å². The quantitative estimate of drug-likeness (QED) is 0.792. The summed E-state index contributed by atoms with van der Waals surface area (Å²) >= 11 is 0. The molecule has 0 unspecified atom stereocenters. The zero-order valence-electron chi connectivity index (χ0n) is 10.9. The number of ether oxygens (including phenoxy) is 1. The van der Waals surface area contributed by atoms with Crippen molar-refractivity contribution in [3.8, 4) is 0 Å². The molecule has 0 spiro atoms. The Morgan fingerprint density at radius 1 is 1.61 bits per heavy atom. The van der Waals surface area contributed by atoms with E-state index in [1.807, 2.05) is 25.8 Å². The second kappa shape index (κ2) is 6.20. The minimum absolute atomic E-state index is 0.0862. The summed E-state index contributed by atoms with van der Waals surface area (Å²) in [6, 6.07) is 1.41. The molecule has 1 rings (SSSR count). The number of carboxylic acid groups (broad SMARTS) is 1. The molecule has 0 fully saturated rings. The van der Waals surface area contributed by atoms with Crippen molar-refractivity contribution in [2.45, 2.75) is 20.0 Å². The molecule has 6 nitrogen and oxygen atoms in total. The number of nitrogens with zero attached hydrogens (tertiary/aromatic N) is 2. The van der Waals surface area contributed by atoms with E-state index in [1.165, 1.54) is 12.3 Å². The van der Waals surface area contributed by atoms with Gasteiger partial charge in [-0.1, -0.05) is 0 Å². The van der Waals surface area contributed by atoms with Gasteiger partial charge in [0.25, 0.3) is 0 Å². The number of aromatic carboxylic acids is 1. The number of nitrogens with two attached hydrogens (primary N) is 1. The Balaban J connectivity index is 2.68. The van der Waals surface area contributed by atoms with Crippen LogP contribution in [-0.2, 0) is 4.74 Å². The molecule has 0 aliphatic heterocycles.